The van der Waals surface area contributed by atoms with E-state index >= 15 is 0 Å². The lowest BCUT2D eigenvalue weighted by Gasteiger charge is -2.36. The van der Waals surface area contributed by atoms with Crippen LogP contribution in [0.25, 0.3) is 0 Å². The molecule has 1 aromatic rings. The van der Waals surface area contributed by atoms with Crippen molar-refractivity contribution in [2.24, 2.45) is 5.92 Å². The lowest BCUT2D eigenvalue weighted by molar-refractivity contribution is -0.384. The van der Waals surface area contributed by atoms with Crippen molar-refractivity contribution in [2.75, 3.05) is 25.1 Å². The summed E-state index contributed by atoms with van der Waals surface area (Å²) in [6.07, 6.45) is 1.95. The Morgan fingerprint density at radius 3 is 2.90 bits per heavy atom. The number of methoxy groups -OCH3 is 1. The standard InChI is InChI=1S/C13H17N3O5/c1-8-3-4-15(7-11(8)21-2)12-10(16(19)20)5-9(6-14-12)13(17)18/h5-6,8,11H,3-4,7H2,1-2H3,(H,17,18). The molecule has 0 saturated carbocycles. The molecule has 0 spiro atoms. The number of nitro groups is 1. The van der Waals surface area contributed by atoms with Crippen LogP contribution in [0.15, 0.2) is 12.3 Å². The first kappa shape index (κ1) is 15.2. The summed E-state index contributed by atoms with van der Waals surface area (Å²) < 4.78 is 5.38. The number of carboxylic acid groups (broad SMARTS) is 1. The Hall–Kier alpha value is -2.22. The first-order valence-corrected chi connectivity index (χ1v) is 6.59. The Labute approximate surface area is 121 Å². The van der Waals surface area contributed by atoms with Crippen molar-refractivity contribution >= 4 is 17.5 Å². The molecule has 1 aromatic heterocycles. The second-order valence-corrected chi connectivity index (χ2v) is 5.12. The molecule has 0 amide bonds. The number of anilines is 1. The second kappa shape index (κ2) is 6.04. The van der Waals surface area contributed by atoms with Gasteiger partial charge >= 0.3 is 11.7 Å². The summed E-state index contributed by atoms with van der Waals surface area (Å²) in [5.74, 6) is -0.679. The van der Waals surface area contributed by atoms with Crippen LogP contribution >= 0.6 is 0 Å². The molecule has 1 aliphatic heterocycles. The van der Waals surface area contributed by atoms with Gasteiger partial charge in [0.25, 0.3) is 0 Å². The summed E-state index contributed by atoms with van der Waals surface area (Å²) in [5, 5.41) is 20.1. The van der Waals surface area contributed by atoms with Crippen LogP contribution in [0.1, 0.15) is 23.7 Å². The van der Waals surface area contributed by atoms with Crippen LogP contribution < -0.4 is 4.90 Å². The average Bonchev–Trinajstić information content (AvgIpc) is 2.47. The van der Waals surface area contributed by atoms with Crippen molar-refractivity contribution in [3.05, 3.63) is 27.9 Å². The predicted molar refractivity (Wildman–Crippen MR) is 74.6 cm³/mol. The SMILES string of the molecule is COC1CN(c2ncc(C(=O)O)cc2[N+](=O)[O-])CCC1C. The normalized spacial score (nSPS) is 22.1. The number of ether oxygens (including phenoxy) is 1. The number of carbonyl (C=O) groups is 1. The number of aromatic carboxylic acids is 1. The van der Waals surface area contributed by atoms with E-state index in [4.69, 9.17) is 9.84 Å². The maximum absolute atomic E-state index is 11.2. The molecule has 0 aromatic carbocycles. The van der Waals surface area contributed by atoms with Gasteiger partial charge in [-0.15, -0.1) is 0 Å². The molecular formula is C13H17N3O5. The Balaban J connectivity index is 2.35. The third kappa shape index (κ3) is 3.10. The molecule has 2 unspecified atom stereocenters. The van der Waals surface area contributed by atoms with Crippen molar-refractivity contribution < 1.29 is 19.6 Å². The topological polar surface area (TPSA) is 106 Å². The molecule has 21 heavy (non-hydrogen) atoms. The van der Waals surface area contributed by atoms with Crippen molar-refractivity contribution in [3.63, 3.8) is 0 Å². The van der Waals surface area contributed by atoms with Gasteiger partial charge in [0.1, 0.15) is 0 Å². The number of rotatable bonds is 4. The Morgan fingerprint density at radius 2 is 2.33 bits per heavy atom. The molecule has 114 valence electrons. The maximum atomic E-state index is 11.2. The van der Waals surface area contributed by atoms with E-state index in [1.54, 1.807) is 12.0 Å². The summed E-state index contributed by atoms with van der Waals surface area (Å²) in [6.45, 7) is 3.19. The van der Waals surface area contributed by atoms with Gasteiger partial charge in [0.15, 0.2) is 0 Å². The van der Waals surface area contributed by atoms with E-state index in [0.717, 1.165) is 18.7 Å². The fourth-order valence-corrected chi connectivity index (χ4v) is 2.47. The monoisotopic (exact) mass is 295 g/mol. The van der Waals surface area contributed by atoms with E-state index in [9.17, 15) is 14.9 Å². The highest BCUT2D eigenvalue weighted by molar-refractivity contribution is 5.88. The van der Waals surface area contributed by atoms with Crippen LogP contribution in [0.5, 0.6) is 0 Å². The maximum Gasteiger partial charge on any atom is 0.337 e. The van der Waals surface area contributed by atoms with Crippen LogP contribution in [0.4, 0.5) is 11.5 Å². The largest absolute Gasteiger partial charge is 0.478 e. The van der Waals surface area contributed by atoms with Crippen LogP contribution in [0, 0.1) is 16.0 Å². The van der Waals surface area contributed by atoms with Gasteiger partial charge in [-0.1, -0.05) is 6.92 Å². The molecule has 1 saturated heterocycles. The zero-order valence-electron chi connectivity index (χ0n) is 11.9. The minimum Gasteiger partial charge on any atom is -0.478 e. The predicted octanol–water partition coefficient (Wildman–Crippen LogP) is 1.55. The number of aromatic nitrogens is 1. The van der Waals surface area contributed by atoms with E-state index in [1.807, 2.05) is 0 Å². The molecule has 2 rings (SSSR count). The fraction of sp³-hybridized carbons (Fsp3) is 0.538. The number of carboxylic acids is 1. The number of hydrogen-bond acceptors (Lipinski definition) is 6. The van der Waals surface area contributed by atoms with E-state index < -0.39 is 10.9 Å². The molecule has 1 aliphatic rings. The highest BCUT2D eigenvalue weighted by Crippen LogP contribution is 2.30. The fourth-order valence-electron chi connectivity index (χ4n) is 2.47. The van der Waals surface area contributed by atoms with E-state index in [-0.39, 0.29) is 23.2 Å². The Bertz CT molecular complexity index is 563. The molecule has 8 heteroatoms. The van der Waals surface area contributed by atoms with Gasteiger partial charge in [-0.25, -0.2) is 9.78 Å². The van der Waals surface area contributed by atoms with Crippen molar-refractivity contribution in [3.8, 4) is 0 Å². The average molecular weight is 295 g/mol. The third-order valence-electron chi connectivity index (χ3n) is 3.78. The zero-order chi connectivity index (χ0) is 15.6. The third-order valence-corrected chi connectivity index (χ3v) is 3.78. The lowest BCUT2D eigenvalue weighted by Crippen LogP contribution is -2.44. The molecule has 2 heterocycles. The molecule has 0 aliphatic carbocycles. The molecule has 1 N–H and O–H groups in total. The Kier molecular flexibility index (Phi) is 4.37. The summed E-state index contributed by atoms with van der Waals surface area (Å²) in [6, 6.07) is 1.05. The Morgan fingerprint density at radius 1 is 1.62 bits per heavy atom. The van der Waals surface area contributed by atoms with Crippen LogP contribution in [-0.2, 0) is 4.74 Å². The molecular weight excluding hydrogens is 278 g/mol. The van der Waals surface area contributed by atoms with E-state index in [0.29, 0.717) is 19.0 Å². The minimum atomic E-state index is -1.24. The summed E-state index contributed by atoms with van der Waals surface area (Å²) in [5.41, 5.74) is -0.488. The number of nitrogens with zero attached hydrogens (tertiary/aromatic N) is 3. The number of hydrogen-bond donors (Lipinski definition) is 1. The van der Waals surface area contributed by atoms with Crippen molar-refractivity contribution in [2.45, 2.75) is 19.4 Å². The van der Waals surface area contributed by atoms with Gasteiger partial charge in [0.05, 0.1) is 16.6 Å². The minimum absolute atomic E-state index is 0.0284. The summed E-state index contributed by atoms with van der Waals surface area (Å²) >= 11 is 0. The van der Waals surface area contributed by atoms with Gasteiger partial charge in [-0.05, 0) is 12.3 Å². The van der Waals surface area contributed by atoms with Crippen molar-refractivity contribution in [1.82, 2.24) is 4.98 Å². The molecule has 0 bridgehead atoms. The van der Waals surface area contributed by atoms with Gasteiger partial charge in [-0.2, -0.15) is 0 Å². The second-order valence-electron chi connectivity index (χ2n) is 5.12. The lowest BCUT2D eigenvalue weighted by atomic mass is 9.96. The van der Waals surface area contributed by atoms with Gasteiger partial charge in [0, 0.05) is 32.5 Å². The molecule has 0 radical (unpaired) electrons. The van der Waals surface area contributed by atoms with Crippen LogP contribution in [0.2, 0.25) is 0 Å². The quantitative estimate of drug-likeness (QED) is 0.663. The smallest absolute Gasteiger partial charge is 0.337 e. The zero-order valence-corrected chi connectivity index (χ0v) is 11.9. The first-order chi connectivity index (χ1) is 9.93. The highest BCUT2D eigenvalue weighted by atomic mass is 16.6. The van der Waals surface area contributed by atoms with E-state index in [2.05, 4.69) is 11.9 Å². The number of pyridine rings is 1. The van der Waals surface area contributed by atoms with Crippen LogP contribution in [0.3, 0.4) is 0 Å². The molecule has 2 atom stereocenters. The van der Waals surface area contributed by atoms with Crippen LogP contribution in [-0.4, -0.2) is 47.3 Å². The van der Waals surface area contributed by atoms with Gasteiger partial charge in [0.2, 0.25) is 5.82 Å². The number of piperidine rings is 1. The molecule has 1 fully saturated rings. The highest BCUT2D eigenvalue weighted by Gasteiger charge is 2.31. The van der Waals surface area contributed by atoms with Gasteiger partial charge in [-0.3, -0.25) is 10.1 Å². The summed E-state index contributed by atoms with van der Waals surface area (Å²) in [4.78, 5) is 27.2. The van der Waals surface area contributed by atoms with E-state index in [1.165, 1.54) is 0 Å². The first-order valence-electron chi connectivity index (χ1n) is 6.59. The summed E-state index contributed by atoms with van der Waals surface area (Å²) in [7, 11) is 1.61. The molecule has 8 nitrogen and oxygen atoms in total. The van der Waals surface area contributed by atoms with Gasteiger partial charge < -0.3 is 14.7 Å². The van der Waals surface area contributed by atoms with Crippen molar-refractivity contribution in [1.29, 1.82) is 0 Å².